The molecule has 0 spiro atoms. The number of fused-ring (bicyclic) bond motifs is 1. The zero-order valence-electron chi connectivity index (χ0n) is 9.60. The van der Waals surface area contributed by atoms with Crippen molar-refractivity contribution < 1.29 is 0 Å². The lowest BCUT2D eigenvalue weighted by atomic mass is 10.1. The maximum absolute atomic E-state index is 3.57. The Hall–Kier alpha value is -1.41. The van der Waals surface area contributed by atoms with Crippen molar-refractivity contribution in [2.24, 2.45) is 0 Å². The smallest absolute Gasteiger partial charge is 0.0773 e. The summed E-state index contributed by atoms with van der Waals surface area (Å²) in [5, 5.41) is 4.09. The minimum absolute atomic E-state index is 0.521. The van der Waals surface area contributed by atoms with Gasteiger partial charge < -0.3 is 5.32 Å². The number of para-hydroxylation sites is 1. The normalized spacial score (nSPS) is 17.5. The molecule has 86 valence electrons. The third-order valence-electron chi connectivity index (χ3n) is 3.01. The molecule has 0 saturated carbocycles. The molecule has 0 fully saturated rings. The molecule has 17 heavy (non-hydrogen) atoms. The van der Waals surface area contributed by atoms with Crippen molar-refractivity contribution >= 4 is 17.4 Å². The van der Waals surface area contributed by atoms with Crippen molar-refractivity contribution in [2.75, 3.05) is 5.32 Å². The highest BCUT2D eigenvalue weighted by molar-refractivity contribution is 8.00. The minimum atomic E-state index is 0.521. The first kappa shape index (κ1) is 10.7. The van der Waals surface area contributed by atoms with Gasteiger partial charge >= 0.3 is 0 Å². The Kier molecular flexibility index (Phi) is 3.06. The zero-order chi connectivity index (χ0) is 11.5. The quantitative estimate of drug-likeness (QED) is 0.865. The fourth-order valence-electron chi connectivity index (χ4n) is 2.12. The number of thioether (sulfide) groups is 1. The summed E-state index contributed by atoms with van der Waals surface area (Å²) < 4.78 is 0. The molecule has 2 heteroatoms. The van der Waals surface area contributed by atoms with Gasteiger partial charge in [0.25, 0.3) is 0 Å². The van der Waals surface area contributed by atoms with Crippen molar-refractivity contribution in [2.45, 2.75) is 23.1 Å². The van der Waals surface area contributed by atoms with Gasteiger partial charge in [0.15, 0.2) is 0 Å². The number of anilines is 1. The molecule has 1 heterocycles. The van der Waals surface area contributed by atoms with Crippen LogP contribution in [0.5, 0.6) is 0 Å². The first-order valence-corrected chi connectivity index (χ1v) is 6.86. The second-order valence-electron chi connectivity index (χ2n) is 4.27. The Morgan fingerprint density at radius 2 is 1.71 bits per heavy atom. The van der Waals surface area contributed by atoms with E-state index in [1.165, 1.54) is 22.6 Å². The highest BCUT2D eigenvalue weighted by atomic mass is 32.2. The van der Waals surface area contributed by atoms with Gasteiger partial charge in [0, 0.05) is 10.6 Å². The molecule has 0 radical (unpaired) electrons. The van der Waals surface area contributed by atoms with Crippen molar-refractivity contribution in [3.63, 3.8) is 0 Å². The standard InChI is InChI=1S/C15H15NS/c1-2-6-12(7-3-1)10-11-15-16-13-8-4-5-9-14(13)17-15/h1-9,15-16H,10-11H2. The fraction of sp³-hybridized carbons (Fsp3) is 0.200. The first-order valence-electron chi connectivity index (χ1n) is 5.98. The molecule has 0 bridgehead atoms. The Bertz CT molecular complexity index is 470. The molecule has 0 aromatic heterocycles. The van der Waals surface area contributed by atoms with Crippen molar-refractivity contribution in [1.29, 1.82) is 0 Å². The first-order chi connectivity index (χ1) is 8.42. The number of hydrogen-bond donors (Lipinski definition) is 1. The van der Waals surface area contributed by atoms with Crippen LogP contribution in [0, 0.1) is 0 Å². The summed E-state index contributed by atoms with van der Waals surface area (Å²) in [6.07, 6.45) is 2.31. The van der Waals surface area contributed by atoms with Crippen LogP contribution in [0.2, 0.25) is 0 Å². The second-order valence-corrected chi connectivity index (χ2v) is 5.52. The van der Waals surface area contributed by atoms with Crippen molar-refractivity contribution in [3.05, 3.63) is 60.2 Å². The Labute approximate surface area is 106 Å². The lowest BCUT2D eigenvalue weighted by Crippen LogP contribution is -2.10. The van der Waals surface area contributed by atoms with E-state index in [9.17, 15) is 0 Å². The van der Waals surface area contributed by atoms with E-state index in [0.717, 1.165) is 6.42 Å². The molecule has 1 aliphatic heterocycles. The minimum Gasteiger partial charge on any atom is -0.372 e. The van der Waals surface area contributed by atoms with Crippen LogP contribution in [-0.2, 0) is 6.42 Å². The van der Waals surface area contributed by atoms with E-state index in [2.05, 4.69) is 59.9 Å². The Morgan fingerprint density at radius 3 is 2.53 bits per heavy atom. The maximum atomic E-state index is 3.57. The SMILES string of the molecule is c1ccc(CCC2Nc3ccccc3S2)cc1. The lowest BCUT2D eigenvalue weighted by molar-refractivity contribution is 0.828. The predicted molar refractivity (Wildman–Crippen MR) is 74.5 cm³/mol. The molecule has 1 nitrogen and oxygen atoms in total. The summed E-state index contributed by atoms with van der Waals surface area (Å²) >= 11 is 1.94. The molecule has 2 aromatic rings. The lowest BCUT2D eigenvalue weighted by Gasteiger charge is -2.09. The van der Waals surface area contributed by atoms with Gasteiger partial charge in [-0.2, -0.15) is 0 Å². The van der Waals surface area contributed by atoms with Crippen LogP contribution >= 0.6 is 11.8 Å². The average molecular weight is 241 g/mol. The summed E-state index contributed by atoms with van der Waals surface area (Å²) in [6, 6.07) is 19.2. The van der Waals surface area contributed by atoms with Crippen molar-refractivity contribution in [1.82, 2.24) is 0 Å². The average Bonchev–Trinajstić information content (AvgIpc) is 2.80. The Morgan fingerprint density at radius 1 is 0.941 bits per heavy atom. The van der Waals surface area contributed by atoms with E-state index in [1.807, 2.05) is 11.8 Å². The van der Waals surface area contributed by atoms with Crippen LogP contribution in [0.25, 0.3) is 0 Å². The highest BCUT2D eigenvalue weighted by Crippen LogP contribution is 2.39. The fourth-order valence-corrected chi connectivity index (χ4v) is 3.26. The molecular formula is C15H15NS. The van der Waals surface area contributed by atoms with E-state index in [4.69, 9.17) is 0 Å². The topological polar surface area (TPSA) is 12.0 Å². The number of benzene rings is 2. The van der Waals surface area contributed by atoms with E-state index in [0.29, 0.717) is 5.37 Å². The van der Waals surface area contributed by atoms with E-state index in [-0.39, 0.29) is 0 Å². The van der Waals surface area contributed by atoms with Gasteiger partial charge in [0.1, 0.15) is 0 Å². The molecule has 0 amide bonds. The van der Waals surface area contributed by atoms with Gasteiger partial charge in [-0.25, -0.2) is 0 Å². The molecule has 0 saturated heterocycles. The second kappa shape index (κ2) is 4.84. The number of rotatable bonds is 3. The molecular weight excluding hydrogens is 226 g/mol. The van der Waals surface area contributed by atoms with E-state index in [1.54, 1.807) is 0 Å². The van der Waals surface area contributed by atoms with E-state index >= 15 is 0 Å². The molecule has 1 aliphatic rings. The third-order valence-corrected chi connectivity index (χ3v) is 4.26. The van der Waals surface area contributed by atoms with Crippen LogP contribution in [0.4, 0.5) is 5.69 Å². The highest BCUT2D eigenvalue weighted by Gasteiger charge is 2.19. The number of aryl methyl sites for hydroxylation is 1. The zero-order valence-corrected chi connectivity index (χ0v) is 10.4. The molecule has 1 atom stereocenters. The molecule has 0 aliphatic carbocycles. The van der Waals surface area contributed by atoms with E-state index < -0.39 is 0 Å². The summed E-state index contributed by atoms with van der Waals surface area (Å²) in [4.78, 5) is 1.38. The summed E-state index contributed by atoms with van der Waals surface area (Å²) in [5.74, 6) is 0. The maximum Gasteiger partial charge on any atom is 0.0773 e. The molecule has 1 N–H and O–H groups in total. The molecule has 3 rings (SSSR count). The Balaban J connectivity index is 1.59. The van der Waals surface area contributed by atoms with Crippen LogP contribution in [0.15, 0.2) is 59.5 Å². The van der Waals surface area contributed by atoms with Gasteiger partial charge in [0.05, 0.1) is 5.37 Å². The van der Waals surface area contributed by atoms with Crippen LogP contribution in [-0.4, -0.2) is 5.37 Å². The van der Waals surface area contributed by atoms with Gasteiger partial charge in [-0.05, 0) is 30.5 Å². The largest absolute Gasteiger partial charge is 0.372 e. The third kappa shape index (κ3) is 2.47. The van der Waals surface area contributed by atoms with Crippen LogP contribution in [0.1, 0.15) is 12.0 Å². The predicted octanol–water partition coefficient (Wildman–Crippen LogP) is 4.16. The van der Waals surface area contributed by atoms with Crippen LogP contribution < -0.4 is 5.32 Å². The summed E-state index contributed by atoms with van der Waals surface area (Å²) in [7, 11) is 0. The summed E-state index contributed by atoms with van der Waals surface area (Å²) in [6.45, 7) is 0. The van der Waals surface area contributed by atoms with Crippen molar-refractivity contribution in [3.8, 4) is 0 Å². The monoisotopic (exact) mass is 241 g/mol. The van der Waals surface area contributed by atoms with Crippen LogP contribution in [0.3, 0.4) is 0 Å². The summed E-state index contributed by atoms with van der Waals surface area (Å²) in [5.41, 5.74) is 2.71. The van der Waals surface area contributed by atoms with Gasteiger partial charge in [-0.15, -0.1) is 0 Å². The molecule has 2 aromatic carbocycles. The molecule has 1 unspecified atom stereocenters. The van der Waals surface area contributed by atoms with Gasteiger partial charge in [-0.3, -0.25) is 0 Å². The van der Waals surface area contributed by atoms with Gasteiger partial charge in [-0.1, -0.05) is 54.2 Å². The number of hydrogen-bond acceptors (Lipinski definition) is 2. The number of nitrogens with one attached hydrogen (secondary N) is 1. The van der Waals surface area contributed by atoms with Gasteiger partial charge in [0.2, 0.25) is 0 Å².